The molecule has 12 aromatic rings. The summed E-state index contributed by atoms with van der Waals surface area (Å²) in [5.41, 5.74) is 11.7. The Balaban J connectivity index is 0.964. The molecule has 0 amide bonds. The zero-order chi connectivity index (χ0) is 36.7. The average Bonchev–Trinajstić information content (AvgIpc) is 3.95. The molecule has 56 heavy (non-hydrogen) atoms. The van der Waals surface area contributed by atoms with Gasteiger partial charge in [-0.15, -0.1) is 0 Å². The Morgan fingerprint density at radius 2 is 0.857 bits per heavy atom. The van der Waals surface area contributed by atoms with Crippen molar-refractivity contribution < 1.29 is 8.83 Å². The topological polar surface area (TPSA) is 46.8 Å². The molecule has 5 nitrogen and oxygen atoms in total. The van der Waals surface area contributed by atoms with Crippen LogP contribution in [-0.4, -0.2) is 9.38 Å². The van der Waals surface area contributed by atoms with E-state index in [4.69, 9.17) is 13.8 Å². The van der Waals surface area contributed by atoms with Gasteiger partial charge in [-0.3, -0.25) is 0 Å². The quantitative estimate of drug-likeness (QED) is 0.178. The highest BCUT2D eigenvalue weighted by Crippen LogP contribution is 2.42. The first-order valence-electron chi connectivity index (χ1n) is 18.8. The average molecular weight is 718 g/mol. The maximum Gasteiger partial charge on any atom is 0.137 e. The van der Waals surface area contributed by atoms with Gasteiger partial charge in [0.25, 0.3) is 0 Å². The highest BCUT2D eigenvalue weighted by Gasteiger charge is 2.19. The van der Waals surface area contributed by atoms with E-state index in [1.165, 1.54) is 10.8 Å². The van der Waals surface area contributed by atoms with E-state index in [-0.39, 0.29) is 0 Å². The number of aromatic nitrogens is 2. The number of anilines is 3. The molecule has 262 valence electrons. The van der Waals surface area contributed by atoms with E-state index in [2.05, 4.69) is 173 Å². The molecule has 4 aromatic heterocycles. The number of benzene rings is 8. The molecule has 0 N–H and O–H groups in total. The van der Waals surface area contributed by atoms with E-state index in [0.717, 1.165) is 99.7 Å². The molecule has 5 heteroatoms. The fourth-order valence-corrected chi connectivity index (χ4v) is 8.34. The van der Waals surface area contributed by atoms with Gasteiger partial charge in [0.15, 0.2) is 0 Å². The molecule has 0 saturated heterocycles. The third-order valence-corrected chi connectivity index (χ3v) is 11.2. The van der Waals surface area contributed by atoms with Crippen LogP contribution >= 0.6 is 0 Å². The Morgan fingerprint density at radius 1 is 0.393 bits per heavy atom. The van der Waals surface area contributed by atoms with E-state index in [1.807, 2.05) is 24.4 Å². The SMILES string of the molecule is c1ccc2cc3c(cc2c1)oc1cc(N(c2ccc(-c4ccc(-c5cn6ccccc6n5)cc4)cc2)c2ccc4c(c2)oc2cc5ccccc5cc24)ccc13. The largest absolute Gasteiger partial charge is 0.456 e. The summed E-state index contributed by atoms with van der Waals surface area (Å²) in [6.45, 7) is 0. The molecule has 0 unspecified atom stereocenters. The second kappa shape index (κ2) is 11.9. The molecule has 0 fully saturated rings. The molecule has 4 heterocycles. The molecule has 0 atom stereocenters. The summed E-state index contributed by atoms with van der Waals surface area (Å²) >= 11 is 0. The molecule has 12 rings (SSSR count). The van der Waals surface area contributed by atoms with E-state index in [1.54, 1.807) is 0 Å². The second-order valence-corrected chi connectivity index (χ2v) is 14.5. The monoisotopic (exact) mass is 717 g/mol. The summed E-state index contributed by atoms with van der Waals surface area (Å²) in [6, 6.07) is 62.1. The fourth-order valence-electron chi connectivity index (χ4n) is 8.34. The molecule has 0 spiro atoms. The third kappa shape index (κ3) is 4.91. The zero-order valence-electron chi connectivity index (χ0n) is 30.1. The molecular weight excluding hydrogens is 687 g/mol. The lowest BCUT2D eigenvalue weighted by molar-refractivity contribution is 0.669. The van der Waals surface area contributed by atoms with Crippen molar-refractivity contribution in [3.8, 4) is 22.4 Å². The van der Waals surface area contributed by atoms with Crippen molar-refractivity contribution in [1.29, 1.82) is 0 Å². The number of rotatable bonds is 5. The van der Waals surface area contributed by atoms with Crippen molar-refractivity contribution in [2.45, 2.75) is 0 Å². The highest BCUT2D eigenvalue weighted by atomic mass is 16.3. The van der Waals surface area contributed by atoms with Crippen LogP contribution in [0.3, 0.4) is 0 Å². The number of furan rings is 2. The molecule has 0 aliphatic heterocycles. The predicted molar refractivity (Wildman–Crippen MR) is 230 cm³/mol. The van der Waals surface area contributed by atoms with Gasteiger partial charge < -0.3 is 18.1 Å². The third-order valence-electron chi connectivity index (χ3n) is 11.2. The maximum atomic E-state index is 6.56. The lowest BCUT2D eigenvalue weighted by Crippen LogP contribution is -2.09. The minimum Gasteiger partial charge on any atom is -0.456 e. The van der Waals surface area contributed by atoms with Crippen molar-refractivity contribution >= 4 is 88.1 Å². The first-order valence-corrected chi connectivity index (χ1v) is 18.8. The van der Waals surface area contributed by atoms with Gasteiger partial charge in [-0.25, -0.2) is 4.98 Å². The molecule has 0 aliphatic carbocycles. The van der Waals surface area contributed by atoms with Crippen molar-refractivity contribution in [1.82, 2.24) is 9.38 Å². The minimum absolute atomic E-state index is 0.844. The van der Waals surface area contributed by atoms with Gasteiger partial charge in [0, 0.05) is 68.7 Å². The smallest absolute Gasteiger partial charge is 0.137 e. The fraction of sp³-hybridized carbons (Fsp3) is 0. The summed E-state index contributed by atoms with van der Waals surface area (Å²) in [7, 11) is 0. The van der Waals surface area contributed by atoms with Crippen LogP contribution in [0, 0.1) is 0 Å². The van der Waals surface area contributed by atoms with Crippen LogP contribution in [0.1, 0.15) is 0 Å². The Morgan fingerprint density at radius 3 is 1.41 bits per heavy atom. The Labute approximate surface area is 320 Å². The number of fused-ring (bicyclic) bond motifs is 9. The number of hydrogen-bond donors (Lipinski definition) is 0. The van der Waals surface area contributed by atoms with Crippen LogP contribution in [0.4, 0.5) is 17.1 Å². The van der Waals surface area contributed by atoms with Crippen LogP contribution in [0.2, 0.25) is 0 Å². The molecule has 0 saturated carbocycles. The van der Waals surface area contributed by atoms with Gasteiger partial charge in [-0.2, -0.15) is 0 Å². The van der Waals surface area contributed by atoms with Crippen molar-refractivity contribution in [2.24, 2.45) is 0 Å². The zero-order valence-corrected chi connectivity index (χ0v) is 30.1. The van der Waals surface area contributed by atoms with Crippen LogP contribution in [0.15, 0.2) is 197 Å². The van der Waals surface area contributed by atoms with Gasteiger partial charge in [-0.1, -0.05) is 91.0 Å². The molecule has 0 bridgehead atoms. The van der Waals surface area contributed by atoms with Gasteiger partial charge >= 0.3 is 0 Å². The number of nitrogens with zero attached hydrogens (tertiary/aromatic N) is 3. The van der Waals surface area contributed by atoms with E-state index in [0.29, 0.717) is 0 Å². The van der Waals surface area contributed by atoms with Gasteiger partial charge in [0.05, 0.1) is 5.69 Å². The molecule has 0 aliphatic rings. The lowest BCUT2D eigenvalue weighted by Gasteiger charge is -2.25. The summed E-state index contributed by atoms with van der Waals surface area (Å²) in [6.07, 6.45) is 4.10. The van der Waals surface area contributed by atoms with E-state index >= 15 is 0 Å². The predicted octanol–water partition coefficient (Wildman–Crippen LogP) is 14.2. The van der Waals surface area contributed by atoms with Crippen molar-refractivity contribution in [3.05, 3.63) is 188 Å². The minimum atomic E-state index is 0.844. The molecular formula is C51H31N3O2. The summed E-state index contributed by atoms with van der Waals surface area (Å²) in [5.74, 6) is 0. The lowest BCUT2D eigenvalue weighted by atomic mass is 10.0. The Hall–Kier alpha value is -7.63. The van der Waals surface area contributed by atoms with Crippen LogP contribution in [0.5, 0.6) is 0 Å². The number of hydrogen-bond acceptors (Lipinski definition) is 4. The second-order valence-electron chi connectivity index (χ2n) is 14.5. The summed E-state index contributed by atoms with van der Waals surface area (Å²) < 4.78 is 15.2. The van der Waals surface area contributed by atoms with Crippen LogP contribution in [0.25, 0.3) is 93.5 Å². The van der Waals surface area contributed by atoms with Crippen LogP contribution < -0.4 is 4.90 Å². The Kier molecular flexibility index (Phi) is 6.56. The Bertz CT molecular complexity index is 3290. The summed E-state index contributed by atoms with van der Waals surface area (Å²) in [4.78, 5) is 7.09. The first kappa shape index (κ1) is 30.8. The highest BCUT2D eigenvalue weighted by molar-refractivity contribution is 6.12. The van der Waals surface area contributed by atoms with E-state index < -0.39 is 0 Å². The number of imidazole rings is 1. The first-order chi connectivity index (χ1) is 27.7. The van der Waals surface area contributed by atoms with E-state index in [9.17, 15) is 0 Å². The van der Waals surface area contributed by atoms with Crippen LogP contribution in [-0.2, 0) is 0 Å². The van der Waals surface area contributed by atoms with Gasteiger partial charge in [0.2, 0.25) is 0 Å². The van der Waals surface area contributed by atoms with Gasteiger partial charge in [0.1, 0.15) is 28.0 Å². The number of pyridine rings is 1. The van der Waals surface area contributed by atoms with Gasteiger partial charge in [-0.05, 0) is 105 Å². The molecule has 0 radical (unpaired) electrons. The molecule has 8 aromatic carbocycles. The summed E-state index contributed by atoms with van der Waals surface area (Å²) in [5, 5.41) is 9.15. The van der Waals surface area contributed by atoms with Crippen molar-refractivity contribution in [2.75, 3.05) is 4.90 Å². The maximum absolute atomic E-state index is 6.56. The normalized spacial score (nSPS) is 11.9. The standard InChI is InChI=1S/C51H31N3O2/c1-3-9-37-27-47-44(25-35(37)7-1)42-22-20-40(29-49(42)55-47)54(41-21-23-43-45-26-36-8-2-4-10-38(36)28-48(45)56-50(43)30-41)39-18-16-33(17-19-39)32-12-14-34(15-13-32)46-31-53-24-6-5-11-51(53)52-46/h1-31H. The van der Waals surface area contributed by atoms with Crippen molar-refractivity contribution in [3.63, 3.8) is 0 Å².